The van der Waals surface area contributed by atoms with Crippen molar-refractivity contribution in [1.82, 2.24) is 0 Å². The number of para-hydroxylation sites is 1. The van der Waals surface area contributed by atoms with Crippen molar-refractivity contribution in [3.8, 4) is 0 Å². The molecule has 0 atom stereocenters. The molecule has 0 amide bonds. The summed E-state index contributed by atoms with van der Waals surface area (Å²) in [5.74, 6) is 0. The van der Waals surface area contributed by atoms with Crippen molar-refractivity contribution in [2.75, 3.05) is 7.04 Å². The maximum absolute atomic E-state index is 10.6. The molecule has 5 heteroatoms. The van der Waals surface area contributed by atoms with Crippen LogP contribution in [0.25, 0.3) is 0 Å². The van der Waals surface area contributed by atoms with Gasteiger partial charge in [-0.15, -0.1) is 0 Å². The second-order valence-corrected chi connectivity index (χ2v) is 3.51. The molecule has 0 saturated carbocycles. The third kappa shape index (κ3) is 2.04. The first-order valence-electron chi connectivity index (χ1n) is 4.49. The Kier molecular flexibility index (Phi) is 2.00. The summed E-state index contributed by atoms with van der Waals surface area (Å²) in [4.78, 5) is 10.0. The van der Waals surface area contributed by atoms with Gasteiger partial charge in [-0.25, -0.2) is 0 Å². The number of nitro groups is 1. The Morgan fingerprint density at radius 2 is 2.42 bits per heavy atom. The zero-order chi connectivity index (χ0) is 11.5. The average molecular weight is 235 g/mol. The Hall–Kier alpha value is -0.901. The van der Waals surface area contributed by atoms with E-state index in [1.807, 2.05) is 0 Å². The van der Waals surface area contributed by atoms with Crippen LogP contribution in [0, 0.1) is 10.1 Å². The first-order valence-corrected chi connectivity index (χ1v) is 4.55. The third-order valence-electron chi connectivity index (χ3n) is 1.19. The van der Waals surface area contributed by atoms with E-state index in [-0.39, 0.29) is 5.69 Å². The van der Waals surface area contributed by atoms with Gasteiger partial charge in [0.1, 0.15) is 0 Å². The molecule has 1 aromatic carbocycles. The fourth-order valence-electron chi connectivity index (χ4n) is 0.723. The summed E-state index contributed by atoms with van der Waals surface area (Å²) in [6, 6.07) is 5.93. The van der Waals surface area contributed by atoms with Crippen LogP contribution in [0.4, 0.5) is 5.69 Å². The van der Waals surface area contributed by atoms with E-state index in [0.29, 0.717) is 4.46 Å². The first kappa shape index (κ1) is 5.70. The summed E-state index contributed by atoms with van der Waals surface area (Å²) in [6.45, 7) is 0. The van der Waals surface area contributed by atoms with Crippen molar-refractivity contribution in [1.29, 1.82) is 0 Å². The number of benzene rings is 1. The standard InChI is InChI=1S/C7H7NO3Se/c1-11-12-7-5-3-2-4-6(7)8(9)10/h2-5H,1H3/i1D3. The van der Waals surface area contributed by atoms with Gasteiger partial charge in [0.25, 0.3) is 0 Å². The Labute approximate surface area is 80.4 Å². The molecule has 4 nitrogen and oxygen atoms in total. The van der Waals surface area contributed by atoms with Crippen LogP contribution >= 0.6 is 0 Å². The van der Waals surface area contributed by atoms with Crippen LogP contribution in [-0.4, -0.2) is 27.2 Å². The molecule has 0 heterocycles. The van der Waals surface area contributed by atoms with Gasteiger partial charge in [-0.05, 0) is 0 Å². The van der Waals surface area contributed by atoms with E-state index in [1.165, 1.54) is 18.2 Å². The quantitative estimate of drug-likeness (QED) is 0.435. The average Bonchev–Trinajstić information content (AvgIpc) is 2.14. The Balaban J connectivity index is 2.81. The minimum atomic E-state index is -2.51. The molecule has 0 saturated heterocycles. The second-order valence-electron chi connectivity index (χ2n) is 1.89. The van der Waals surface area contributed by atoms with E-state index in [9.17, 15) is 10.1 Å². The molecule has 0 radical (unpaired) electrons. The fourth-order valence-corrected chi connectivity index (χ4v) is 1.67. The molecule has 0 aliphatic heterocycles. The fraction of sp³-hybridized carbons (Fsp3) is 0.143. The normalized spacial score (nSPS) is 14.5. The second kappa shape index (κ2) is 4.21. The molecule has 12 heavy (non-hydrogen) atoms. The van der Waals surface area contributed by atoms with Crippen LogP contribution in [0.3, 0.4) is 0 Å². The zero-order valence-electron chi connectivity index (χ0n) is 8.89. The van der Waals surface area contributed by atoms with E-state index >= 15 is 0 Å². The summed E-state index contributed by atoms with van der Waals surface area (Å²) < 4.78 is 25.3. The summed E-state index contributed by atoms with van der Waals surface area (Å²) >= 11 is -0.880. The van der Waals surface area contributed by atoms with Crippen LogP contribution in [0.15, 0.2) is 24.3 Å². The van der Waals surface area contributed by atoms with Crippen LogP contribution < -0.4 is 4.46 Å². The molecule has 0 bridgehead atoms. The molecule has 0 N–H and O–H groups in total. The summed E-state index contributed by atoms with van der Waals surface area (Å²) in [5.41, 5.74) is -0.109. The molecule has 0 unspecified atom stereocenters. The molecule has 0 fully saturated rings. The van der Waals surface area contributed by atoms with E-state index < -0.39 is 27.2 Å². The van der Waals surface area contributed by atoms with Gasteiger partial charge < -0.3 is 0 Å². The molecule has 64 valence electrons. The van der Waals surface area contributed by atoms with E-state index in [2.05, 4.69) is 3.82 Å². The van der Waals surface area contributed by atoms with Crippen molar-refractivity contribution in [2.24, 2.45) is 0 Å². The molecule has 1 rings (SSSR count). The summed E-state index contributed by atoms with van der Waals surface area (Å²) in [6.07, 6.45) is 0. The molecular formula is C7H7NO3Se. The number of rotatable bonds is 3. The SMILES string of the molecule is [2H]C([2H])([2H])O[Se]c1ccccc1[N+](=O)[O-]. The van der Waals surface area contributed by atoms with Gasteiger partial charge >= 0.3 is 79.7 Å². The topological polar surface area (TPSA) is 52.4 Å². The van der Waals surface area contributed by atoms with Crippen LogP contribution in [0.5, 0.6) is 0 Å². The van der Waals surface area contributed by atoms with Gasteiger partial charge in [0.2, 0.25) is 0 Å². The Morgan fingerprint density at radius 3 is 3.08 bits per heavy atom. The van der Waals surface area contributed by atoms with Crippen molar-refractivity contribution in [3.05, 3.63) is 34.4 Å². The molecular weight excluding hydrogens is 225 g/mol. The van der Waals surface area contributed by atoms with Crippen LogP contribution in [0.2, 0.25) is 0 Å². The Morgan fingerprint density at radius 1 is 1.67 bits per heavy atom. The minimum absolute atomic E-state index is 0.109. The van der Waals surface area contributed by atoms with Gasteiger partial charge in [-0.2, -0.15) is 0 Å². The van der Waals surface area contributed by atoms with Crippen LogP contribution in [-0.2, 0) is 3.82 Å². The van der Waals surface area contributed by atoms with E-state index in [4.69, 9.17) is 4.11 Å². The Bertz CT molecular complexity index is 369. The molecule has 0 aliphatic rings. The van der Waals surface area contributed by atoms with Crippen molar-refractivity contribution < 1.29 is 12.9 Å². The number of hydrogen-bond acceptors (Lipinski definition) is 3. The molecule has 0 spiro atoms. The number of hydrogen-bond donors (Lipinski definition) is 0. The van der Waals surface area contributed by atoms with Crippen molar-refractivity contribution in [3.63, 3.8) is 0 Å². The molecule has 1 aromatic rings. The summed E-state index contributed by atoms with van der Waals surface area (Å²) in [5, 5.41) is 10.6. The van der Waals surface area contributed by atoms with Crippen molar-refractivity contribution >= 4 is 25.4 Å². The van der Waals surface area contributed by atoms with Crippen LogP contribution in [0.1, 0.15) is 4.11 Å². The first-order chi connectivity index (χ1) is 6.90. The predicted molar refractivity (Wildman–Crippen MR) is 45.5 cm³/mol. The monoisotopic (exact) mass is 236 g/mol. The van der Waals surface area contributed by atoms with Gasteiger partial charge in [0.05, 0.1) is 0 Å². The van der Waals surface area contributed by atoms with Gasteiger partial charge in [-0.3, -0.25) is 0 Å². The predicted octanol–water partition coefficient (Wildman–Crippen LogP) is 0.486. The van der Waals surface area contributed by atoms with E-state index in [0.717, 1.165) is 0 Å². The summed E-state index contributed by atoms with van der Waals surface area (Å²) in [7, 11) is -2.51. The van der Waals surface area contributed by atoms with Crippen molar-refractivity contribution in [2.45, 2.75) is 0 Å². The zero-order valence-corrected chi connectivity index (χ0v) is 7.60. The molecule has 0 aromatic heterocycles. The maximum atomic E-state index is 10.6. The van der Waals surface area contributed by atoms with Gasteiger partial charge in [0.15, 0.2) is 0 Å². The van der Waals surface area contributed by atoms with E-state index in [1.54, 1.807) is 6.07 Å². The third-order valence-corrected chi connectivity index (χ3v) is 2.47. The van der Waals surface area contributed by atoms with Gasteiger partial charge in [-0.1, -0.05) is 0 Å². The van der Waals surface area contributed by atoms with Gasteiger partial charge in [0, 0.05) is 0 Å². The number of nitrogens with zero attached hydrogens (tertiary/aromatic N) is 1. The number of nitro benzene ring substituents is 1. The molecule has 0 aliphatic carbocycles.